The van der Waals surface area contributed by atoms with Crippen LogP contribution < -0.4 is 0 Å². The van der Waals surface area contributed by atoms with Gasteiger partial charge >= 0.3 is 5.97 Å². The molecule has 1 N–H and O–H groups in total. The molecule has 4 nitrogen and oxygen atoms in total. The molecule has 122 valence electrons. The van der Waals surface area contributed by atoms with Gasteiger partial charge in [0.25, 0.3) is 0 Å². The zero-order chi connectivity index (χ0) is 16.7. The van der Waals surface area contributed by atoms with Crippen LogP contribution in [0.3, 0.4) is 0 Å². The highest BCUT2D eigenvalue weighted by Crippen LogP contribution is 2.17. The van der Waals surface area contributed by atoms with E-state index < -0.39 is 24.0 Å². The van der Waals surface area contributed by atoms with Gasteiger partial charge in [-0.2, -0.15) is 11.8 Å². The number of esters is 1. The van der Waals surface area contributed by atoms with Crippen molar-refractivity contribution >= 4 is 23.5 Å². The molecule has 0 radical (unpaired) electrons. The molecule has 1 saturated heterocycles. The van der Waals surface area contributed by atoms with Crippen LogP contribution in [0, 0.1) is 11.8 Å². The molecule has 1 aromatic rings. The van der Waals surface area contributed by atoms with E-state index in [9.17, 15) is 14.7 Å². The Balaban J connectivity index is 1.90. The molecular formula is C18H20O4S. The van der Waals surface area contributed by atoms with E-state index in [0.717, 1.165) is 23.5 Å². The molecule has 0 bridgehead atoms. The lowest BCUT2D eigenvalue weighted by Crippen LogP contribution is -2.24. The Morgan fingerprint density at radius 1 is 1.30 bits per heavy atom. The van der Waals surface area contributed by atoms with Gasteiger partial charge in [0.1, 0.15) is 0 Å². The monoisotopic (exact) mass is 332 g/mol. The number of carbonyl (C=O) groups excluding carboxylic acids is 2. The third-order valence-corrected chi connectivity index (χ3v) is 4.66. The van der Waals surface area contributed by atoms with E-state index in [2.05, 4.69) is 24.8 Å². The molecule has 2 atom stereocenters. The standard InChI is InChI=1S/C18H20O4S/c1-2-11-23-12-14-9-4-3-7-13(14)8-5-6-10-15-16(19)17(20)18(21)22-15/h3-4,7,9,15,17,20H,2,6,10-12H2,1H3. The maximum atomic E-state index is 11.5. The van der Waals surface area contributed by atoms with E-state index >= 15 is 0 Å². The van der Waals surface area contributed by atoms with Crippen molar-refractivity contribution in [1.82, 2.24) is 0 Å². The molecule has 1 fully saturated rings. The van der Waals surface area contributed by atoms with Gasteiger partial charge in [0.15, 0.2) is 6.10 Å². The first kappa shape index (κ1) is 17.6. The Hall–Kier alpha value is -1.77. The van der Waals surface area contributed by atoms with Crippen molar-refractivity contribution in [3.8, 4) is 11.8 Å². The summed E-state index contributed by atoms with van der Waals surface area (Å²) in [7, 11) is 0. The molecule has 0 spiro atoms. The van der Waals surface area contributed by atoms with E-state index in [-0.39, 0.29) is 0 Å². The summed E-state index contributed by atoms with van der Waals surface area (Å²) >= 11 is 1.88. The number of aliphatic hydroxyl groups is 1. The molecule has 0 aromatic heterocycles. The number of ether oxygens (including phenoxy) is 1. The van der Waals surface area contributed by atoms with Gasteiger partial charge in [-0.3, -0.25) is 4.79 Å². The largest absolute Gasteiger partial charge is 0.452 e. The zero-order valence-corrected chi connectivity index (χ0v) is 13.9. The number of benzene rings is 1. The topological polar surface area (TPSA) is 63.6 Å². The van der Waals surface area contributed by atoms with Crippen molar-refractivity contribution in [3.63, 3.8) is 0 Å². The van der Waals surface area contributed by atoms with Crippen LogP contribution in [0.15, 0.2) is 24.3 Å². The first-order chi connectivity index (χ1) is 11.1. The fourth-order valence-electron chi connectivity index (χ4n) is 2.21. The second kappa shape index (κ2) is 8.76. The summed E-state index contributed by atoms with van der Waals surface area (Å²) in [6.45, 7) is 2.16. The lowest BCUT2D eigenvalue weighted by Gasteiger charge is -2.04. The number of aliphatic hydroxyl groups excluding tert-OH is 1. The van der Waals surface area contributed by atoms with Crippen molar-refractivity contribution in [2.24, 2.45) is 0 Å². The van der Waals surface area contributed by atoms with Crippen LogP contribution in [0.2, 0.25) is 0 Å². The molecule has 2 rings (SSSR count). The predicted molar refractivity (Wildman–Crippen MR) is 89.9 cm³/mol. The third kappa shape index (κ3) is 4.85. The smallest absolute Gasteiger partial charge is 0.343 e. The maximum absolute atomic E-state index is 11.5. The normalized spacial score (nSPS) is 20.1. The first-order valence-electron chi connectivity index (χ1n) is 7.70. The van der Waals surface area contributed by atoms with E-state index in [0.29, 0.717) is 12.8 Å². The third-order valence-electron chi connectivity index (χ3n) is 3.45. The summed E-state index contributed by atoms with van der Waals surface area (Å²) in [4.78, 5) is 22.6. The van der Waals surface area contributed by atoms with Gasteiger partial charge in [-0.15, -0.1) is 0 Å². The van der Waals surface area contributed by atoms with E-state index in [4.69, 9.17) is 4.74 Å². The molecule has 0 saturated carbocycles. The van der Waals surface area contributed by atoms with Gasteiger partial charge in [-0.05, 0) is 23.8 Å². The highest BCUT2D eigenvalue weighted by atomic mass is 32.2. The second-order valence-electron chi connectivity index (χ2n) is 5.28. The summed E-state index contributed by atoms with van der Waals surface area (Å²) in [5.74, 6) is 6.79. The Bertz CT molecular complexity index is 629. The average Bonchev–Trinajstić information content (AvgIpc) is 2.80. The van der Waals surface area contributed by atoms with Gasteiger partial charge in [-0.25, -0.2) is 4.79 Å². The van der Waals surface area contributed by atoms with Crippen LogP contribution in [0.25, 0.3) is 0 Å². The molecule has 1 heterocycles. The predicted octanol–water partition coefficient (Wildman–Crippen LogP) is 2.32. The molecular weight excluding hydrogens is 312 g/mol. The minimum Gasteiger partial charge on any atom is -0.452 e. The summed E-state index contributed by atoms with van der Waals surface area (Å²) < 4.78 is 4.82. The number of hydrogen-bond donors (Lipinski definition) is 1. The Morgan fingerprint density at radius 3 is 2.78 bits per heavy atom. The summed E-state index contributed by atoms with van der Waals surface area (Å²) in [5, 5.41) is 9.25. The number of rotatable bonds is 6. The van der Waals surface area contributed by atoms with Crippen LogP contribution in [-0.4, -0.2) is 34.8 Å². The van der Waals surface area contributed by atoms with Crippen LogP contribution in [0.5, 0.6) is 0 Å². The fourth-order valence-corrected chi connectivity index (χ4v) is 3.12. The summed E-state index contributed by atoms with van der Waals surface area (Å²) in [6.07, 6.45) is -0.571. The van der Waals surface area contributed by atoms with Crippen molar-refractivity contribution in [2.75, 3.05) is 5.75 Å². The SMILES string of the molecule is CCCSCc1ccccc1C#CCCC1OC(=O)C(O)C1=O. The molecule has 1 aliphatic heterocycles. The van der Waals surface area contributed by atoms with Gasteiger partial charge in [0.2, 0.25) is 11.9 Å². The lowest BCUT2D eigenvalue weighted by atomic mass is 10.1. The van der Waals surface area contributed by atoms with Gasteiger partial charge < -0.3 is 9.84 Å². The van der Waals surface area contributed by atoms with Crippen molar-refractivity contribution in [3.05, 3.63) is 35.4 Å². The number of ketones is 1. The quantitative estimate of drug-likeness (QED) is 0.375. The van der Waals surface area contributed by atoms with Crippen LogP contribution in [0.4, 0.5) is 0 Å². The number of hydrogen-bond acceptors (Lipinski definition) is 5. The van der Waals surface area contributed by atoms with E-state index in [1.165, 1.54) is 5.56 Å². The van der Waals surface area contributed by atoms with Gasteiger partial charge in [0.05, 0.1) is 0 Å². The van der Waals surface area contributed by atoms with Crippen molar-refractivity contribution in [2.45, 2.75) is 44.1 Å². The fraction of sp³-hybridized carbons (Fsp3) is 0.444. The van der Waals surface area contributed by atoms with E-state index in [1.807, 2.05) is 30.0 Å². The van der Waals surface area contributed by atoms with E-state index in [1.54, 1.807) is 0 Å². The van der Waals surface area contributed by atoms with Gasteiger partial charge in [-0.1, -0.05) is 37.0 Å². The minimum absolute atomic E-state index is 0.321. The lowest BCUT2D eigenvalue weighted by molar-refractivity contribution is -0.147. The average molecular weight is 332 g/mol. The Labute approximate surface area is 140 Å². The Morgan fingerprint density at radius 2 is 2.09 bits per heavy atom. The molecule has 1 aromatic carbocycles. The number of cyclic esters (lactones) is 1. The molecule has 23 heavy (non-hydrogen) atoms. The summed E-state index contributed by atoms with van der Waals surface area (Å²) in [6, 6.07) is 8.02. The zero-order valence-electron chi connectivity index (χ0n) is 13.1. The van der Waals surface area contributed by atoms with Gasteiger partial charge in [0, 0.05) is 24.2 Å². The molecule has 0 aliphatic carbocycles. The highest BCUT2D eigenvalue weighted by molar-refractivity contribution is 7.98. The number of thioether (sulfide) groups is 1. The van der Waals surface area contributed by atoms with Crippen LogP contribution >= 0.6 is 11.8 Å². The van der Waals surface area contributed by atoms with Crippen molar-refractivity contribution in [1.29, 1.82) is 0 Å². The molecule has 2 unspecified atom stereocenters. The first-order valence-corrected chi connectivity index (χ1v) is 8.85. The van der Waals surface area contributed by atoms with Crippen LogP contribution in [0.1, 0.15) is 37.3 Å². The number of Topliss-reactive ketones (excluding diaryl/α,β-unsaturated/α-hetero) is 1. The Kier molecular flexibility index (Phi) is 6.69. The summed E-state index contributed by atoms with van der Waals surface area (Å²) in [5.41, 5.74) is 2.20. The molecule has 1 aliphatic rings. The van der Waals surface area contributed by atoms with Crippen LogP contribution in [-0.2, 0) is 20.1 Å². The molecule has 5 heteroatoms. The molecule has 0 amide bonds. The second-order valence-corrected chi connectivity index (χ2v) is 6.39. The van der Waals surface area contributed by atoms with Crippen molar-refractivity contribution < 1.29 is 19.4 Å². The minimum atomic E-state index is -1.62. The number of carbonyl (C=O) groups is 2. The highest BCUT2D eigenvalue weighted by Gasteiger charge is 2.41. The maximum Gasteiger partial charge on any atom is 0.343 e.